The summed E-state index contributed by atoms with van der Waals surface area (Å²) >= 11 is 6.01. The molecule has 1 aromatic heterocycles. The van der Waals surface area contributed by atoms with Crippen LogP contribution in [0, 0.1) is 5.92 Å². The second-order valence-electron chi connectivity index (χ2n) is 5.81. The van der Waals surface area contributed by atoms with E-state index in [-0.39, 0.29) is 12.1 Å². The van der Waals surface area contributed by atoms with Crippen LogP contribution >= 0.6 is 11.6 Å². The summed E-state index contributed by atoms with van der Waals surface area (Å²) in [5.74, 6) is 0.323. The molecule has 0 saturated heterocycles. The van der Waals surface area contributed by atoms with E-state index in [1.165, 1.54) is 6.42 Å². The monoisotopic (exact) mass is 303 g/mol. The highest BCUT2D eigenvalue weighted by atomic mass is 35.5. The SMILES string of the molecule is CC1CCCC(OC(=O)c2cc(Cl)nc3ccccc23)C1. The third kappa shape index (κ3) is 3.18. The van der Waals surface area contributed by atoms with Gasteiger partial charge in [-0.3, -0.25) is 0 Å². The zero-order valence-corrected chi connectivity index (χ0v) is 12.8. The fourth-order valence-corrected chi connectivity index (χ4v) is 3.21. The average molecular weight is 304 g/mol. The Bertz CT molecular complexity index is 671. The van der Waals surface area contributed by atoms with Crippen molar-refractivity contribution in [2.75, 3.05) is 0 Å². The summed E-state index contributed by atoms with van der Waals surface area (Å²) < 4.78 is 5.69. The number of carbonyl (C=O) groups is 1. The first-order valence-electron chi connectivity index (χ1n) is 7.40. The van der Waals surface area contributed by atoms with E-state index < -0.39 is 0 Å². The first-order valence-corrected chi connectivity index (χ1v) is 7.77. The minimum atomic E-state index is -0.297. The van der Waals surface area contributed by atoms with E-state index in [0.29, 0.717) is 22.2 Å². The summed E-state index contributed by atoms with van der Waals surface area (Å²) in [6, 6.07) is 9.08. The molecule has 0 amide bonds. The summed E-state index contributed by atoms with van der Waals surface area (Å²) in [4.78, 5) is 16.7. The molecule has 1 saturated carbocycles. The Morgan fingerprint density at radius 2 is 2.14 bits per heavy atom. The van der Waals surface area contributed by atoms with Crippen molar-refractivity contribution in [3.63, 3.8) is 0 Å². The number of nitrogens with zero attached hydrogens (tertiary/aromatic N) is 1. The molecule has 0 spiro atoms. The van der Waals surface area contributed by atoms with E-state index >= 15 is 0 Å². The van der Waals surface area contributed by atoms with Crippen LogP contribution in [-0.2, 0) is 4.74 Å². The summed E-state index contributed by atoms with van der Waals surface area (Å²) in [6.07, 6.45) is 4.26. The van der Waals surface area contributed by atoms with Crippen LogP contribution in [0.25, 0.3) is 10.9 Å². The van der Waals surface area contributed by atoms with Gasteiger partial charge in [0.05, 0.1) is 11.1 Å². The summed E-state index contributed by atoms with van der Waals surface area (Å²) in [7, 11) is 0. The lowest BCUT2D eigenvalue weighted by Crippen LogP contribution is -2.24. The van der Waals surface area contributed by atoms with Crippen molar-refractivity contribution in [2.24, 2.45) is 5.92 Å². The van der Waals surface area contributed by atoms with Gasteiger partial charge >= 0.3 is 5.97 Å². The number of rotatable bonds is 2. The third-order valence-electron chi connectivity index (χ3n) is 4.07. The normalized spacial score (nSPS) is 22.2. The summed E-state index contributed by atoms with van der Waals surface area (Å²) in [5.41, 5.74) is 1.22. The van der Waals surface area contributed by atoms with Gasteiger partial charge < -0.3 is 4.74 Å². The van der Waals surface area contributed by atoms with Gasteiger partial charge in [-0.05, 0) is 37.3 Å². The highest BCUT2D eigenvalue weighted by Crippen LogP contribution is 2.28. The maximum Gasteiger partial charge on any atom is 0.339 e. The van der Waals surface area contributed by atoms with Gasteiger partial charge in [-0.15, -0.1) is 0 Å². The fraction of sp³-hybridized carbons (Fsp3) is 0.412. The third-order valence-corrected chi connectivity index (χ3v) is 4.26. The van der Waals surface area contributed by atoms with Crippen molar-refractivity contribution in [3.05, 3.63) is 41.0 Å². The van der Waals surface area contributed by atoms with Gasteiger partial charge in [0.2, 0.25) is 0 Å². The molecule has 0 radical (unpaired) electrons. The topological polar surface area (TPSA) is 39.2 Å². The molecule has 2 aromatic rings. The lowest BCUT2D eigenvalue weighted by atomic mass is 9.89. The second kappa shape index (κ2) is 6.02. The van der Waals surface area contributed by atoms with E-state index in [2.05, 4.69) is 11.9 Å². The van der Waals surface area contributed by atoms with Crippen molar-refractivity contribution in [1.29, 1.82) is 0 Å². The number of pyridine rings is 1. The van der Waals surface area contributed by atoms with Crippen molar-refractivity contribution in [1.82, 2.24) is 4.98 Å². The van der Waals surface area contributed by atoms with Crippen LogP contribution in [0.15, 0.2) is 30.3 Å². The van der Waals surface area contributed by atoms with E-state index in [9.17, 15) is 4.79 Å². The zero-order valence-electron chi connectivity index (χ0n) is 12.0. The quantitative estimate of drug-likeness (QED) is 0.600. The highest BCUT2D eigenvalue weighted by molar-refractivity contribution is 6.30. The number of carbonyl (C=O) groups excluding carboxylic acids is 1. The fourth-order valence-electron chi connectivity index (χ4n) is 3.01. The summed E-state index contributed by atoms with van der Waals surface area (Å²) in [5, 5.41) is 1.11. The predicted molar refractivity (Wildman–Crippen MR) is 83.6 cm³/mol. The zero-order chi connectivity index (χ0) is 14.8. The number of esters is 1. The molecule has 1 fully saturated rings. The summed E-state index contributed by atoms with van der Waals surface area (Å²) in [6.45, 7) is 2.21. The Labute approximate surface area is 129 Å². The van der Waals surface area contributed by atoms with Crippen LogP contribution in [0.4, 0.5) is 0 Å². The van der Waals surface area contributed by atoms with Crippen molar-refractivity contribution < 1.29 is 9.53 Å². The molecule has 1 aliphatic carbocycles. The Morgan fingerprint density at radius 1 is 1.33 bits per heavy atom. The van der Waals surface area contributed by atoms with Crippen LogP contribution in [-0.4, -0.2) is 17.1 Å². The number of hydrogen-bond acceptors (Lipinski definition) is 3. The number of ether oxygens (including phenoxy) is 1. The van der Waals surface area contributed by atoms with Crippen molar-refractivity contribution in [2.45, 2.75) is 38.7 Å². The van der Waals surface area contributed by atoms with Gasteiger partial charge in [-0.2, -0.15) is 0 Å². The van der Waals surface area contributed by atoms with Gasteiger partial charge in [0.15, 0.2) is 0 Å². The molecule has 2 atom stereocenters. The molecule has 2 unspecified atom stereocenters. The first-order chi connectivity index (χ1) is 10.1. The van der Waals surface area contributed by atoms with E-state index in [0.717, 1.165) is 24.6 Å². The molecule has 0 aliphatic heterocycles. The van der Waals surface area contributed by atoms with Gasteiger partial charge in [0, 0.05) is 5.39 Å². The average Bonchev–Trinajstić information content (AvgIpc) is 2.46. The number of benzene rings is 1. The Hall–Kier alpha value is -1.61. The van der Waals surface area contributed by atoms with Gasteiger partial charge in [-0.1, -0.05) is 43.1 Å². The molecule has 0 N–H and O–H groups in total. The van der Waals surface area contributed by atoms with Crippen LogP contribution in [0.3, 0.4) is 0 Å². The Balaban J connectivity index is 1.87. The minimum absolute atomic E-state index is 0.0203. The van der Waals surface area contributed by atoms with Crippen molar-refractivity contribution >= 4 is 28.5 Å². The van der Waals surface area contributed by atoms with Crippen molar-refractivity contribution in [3.8, 4) is 0 Å². The van der Waals surface area contributed by atoms with Crippen LogP contribution in [0.1, 0.15) is 43.0 Å². The van der Waals surface area contributed by atoms with E-state index in [1.54, 1.807) is 6.07 Å². The maximum atomic E-state index is 12.5. The molecule has 3 nitrogen and oxygen atoms in total. The maximum absolute atomic E-state index is 12.5. The first kappa shape index (κ1) is 14.3. The van der Waals surface area contributed by atoms with Crippen LogP contribution in [0.2, 0.25) is 5.15 Å². The molecular weight excluding hydrogens is 286 g/mol. The smallest absolute Gasteiger partial charge is 0.339 e. The molecule has 3 rings (SSSR count). The van der Waals surface area contributed by atoms with Gasteiger partial charge in [-0.25, -0.2) is 9.78 Å². The lowest BCUT2D eigenvalue weighted by molar-refractivity contribution is 0.0157. The van der Waals surface area contributed by atoms with Gasteiger partial charge in [0.1, 0.15) is 11.3 Å². The highest BCUT2D eigenvalue weighted by Gasteiger charge is 2.24. The molecule has 1 heterocycles. The second-order valence-corrected chi connectivity index (χ2v) is 6.20. The number of para-hydroxylation sites is 1. The van der Waals surface area contributed by atoms with Gasteiger partial charge in [0.25, 0.3) is 0 Å². The van der Waals surface area contributed by atoms with E-state index in [1.807, 2.05) is 24.3 Å². The largest absolute Gasteiger partial charge is 0.459 e. The molecule has 0 bridgehead atoms. The molecule has 1 aromatic carbocycles. The molecule has 21 heavy (non-hydrogen) atoms. The Kier molecular flexibility index (Phi) is 4.11. The predicted octanol–water partition coefficient (Wildman–Crippen LogP) is 4.62. The minimum Gasteiger partial charge on any atom is -0.459 e. The van der Waals surface area contributed by atoms with E-state index in [4.69, 9.17) is 16.3 Å². The molecule has 4 heteroatoms. The standard InChI is InChI=1S/C17H18ClNO2/c1-11-5-4-6-12(9-11)21-17(20)14-10-16(18)19-15-8-3-2-7-13(14)15/h2-3,7-8,10-12H,4-6,9H2,1H3. The lowest BCUT2D eigenvalue weighted by Gasteiger charge is -2.26. The molecular formula is C17H18ClNO2. The molecule has 1 aliphatic rings. The van der Waals surface area contributed by atoms with Crippen LogP contribution < -0.4 is 0 Å². The number of fused-ring (bicyclic) bond motifs is 1. The number of halogens is 1. The number of hydrogen-bond donors (Lipinski definition) is 0. The number of aromatic nitrogens is 1. The molecule has 110 valence electrons. The Morgan fingerprint density at radius 3 is 2.95 bits per heavy atom. The van der Waals surface area contributed by atoms with Crippen LogP contribution in [0.5, 0.6) is 0 Å².